The normalized spacial score (nSPS) is 18.3. The van der Waals surface area contributed by atoms with Gasteiger partial charge < -0.3 is 4.90 Å². The average Bonchev–Trinajstić information content (AvgIpc) is 3.06. The van der Waals surface area contributed by atoms with E-state index in [1.807, 2.05) is 6.07 Å². The number of thioether (sulfide) groups is 1. The molecular formula is C25H26N4O2S2. The van der Waals surface area contributed by atoms with Crippen LogP contribution in [0, 0.1) is 24.2 Å². The topological polar surface area (TPSA) is 69.3 Å². The van der Waals surface area contributed by atoms with E-state index in [9.17, 15) is 14.9 Å². The minimum Gasteiger partial charge on any atom is -0.357 e. The van der Waals surface area contributed by atoms with Crippen molar-refractivity contribution >= 4 is 46.1 Å². The Labute approximate surface area is 203 Å². The zero-order valence-corrected chi connectivity index (χ0v) is 20.6. The Morgan fingerprint density at radius 3 is 2.42 bits per heavy atom. The molecular weight excluding hydrogens is 452 g/mol. The highest BCUT2D eigenvalue weighted by Gasteiger charge is 2.31. The molecule has 1 aromatic carbocycles. The molecule has 8 heteroatoms. The molecule has 1 aromatic heterocycles. The second-order valence-corrected chi connectivity index (χ2v) is 10.2. The van der Waals surface area contributed by atoms with Crippen LogP contribution in [-0.2, 0) is 18.3 Å². The molecule has 0 unspecified atom stereocenters. The summed E-state index contributed by atoms with van der Waals surface area (Å²) in [6.07, 6.45) is 4.87. The highest BCUT2D eigenvalue weighted by molar-refractivity contribution is 8.26. The fourth-order valence-corrected chi connectivity index (χ4v) is 5.73. The average molecular weight is 479 g/mol. The zero-order chi connectivity index (χ0) is 23.7. The molecule has 0 aliphatic carbocycles. The molecule has 0 bridgehead atoms. The smallest absolute Gasteiger partial charge is 0.270 e. The van der Waals surface area contributed by atoms with E-state index in [1.165, 1.54) is 22.2 Å². The van der Waals surface area contributed by atoms with E-state index in [4.69, 9.17) is 12.2 Å². The molecule has 0 radical (unpaired) electrons. The number of nitriles is 1. The van der Waals surface area contributed by atoms with E-state index in [0.29, 0.717) is 20.7 Å². The van der Waals surface area contributed by atoms with Gasteiger partial charge in [0.05, 0.1) is 4.91 Å². The van der Waals surface area contributed by atoms with Gasteiger partial charge in [-0.05, 0) is 49.3 Å². The number of piperidine rings is 1. The van der Waals surface area contributed by atoms with Crippen molar-refractivity contribution in [1.29, 1.82) is 5.26 Å². The largest absolute Gasteiger partial charge is 0.357 e. The molecule has 1 amide bonds. The number of pyridine rings is 1. The van der Waals surface area contributed by atoms with Crippen LogP contribution in [0.2, 0.25) is 0 Å². The second-order valence-electron chi connectivity index (χ2n) is 8.57. The van der Waals surface area contributed by atoms with Gasteiger partial charge in [0.2, 0.25) is 0 Å². The van der Waals surface area contributed by atoms with Crippen molar-refractivity contribution in [2.75, 3.05) is 25.0 Å². The lowest BCUT2D eigenvalue weighted by atomic mass is 9.90. The summed E-state index contributed by atoms with van der Waals surface area (Å²) in [7, 11) is 3.36. The van der Waals surface area contributed by atoms with Crippen LogP contribution < -0.4 is 10.5 Å². The fraction of sp³-hybridized carbons (Fsp3) is 0.360. The van der Waals surface area contributed by atoms with Gasteiger partial charge in [0, 0.05) is 32.7 Å². The number of nitrogens with zero attached hydrogens (tertiary/aromatic N) is 4. The molecule has 170 valence electrons. The third-order valence-corrected chi connectivity index (χ3v) is 8.00. The maximum atomic E-state index is 12.9. The van der Waals surface area contributed by atoms with Crippen LogP contribution in [-0.4, -0.2) is 39.8 Å². The van der Waals surface area contributed by atoms with Gasteiger partial charge in [-0.3, -0.25) is 19.1 Å². The van der Waals surface area contributed by atoms with Crippen LogP contribution in [0.4, 0.5) is 5.82 Å². The SMILES string of the molecule is Cc1c(C=C2SC(=S)N(C)C2=O)c(N2CCC(Cc3ccccc3)CC2)n(C)c(=O)c1C#N. The van der Waals surface area contributed by atoms with Gasteiger partial charge in [-0.1, -0.05) is 54.3 Å². The van der Waals surface area contributed by atoms with Gasteiger partial charge in [0.1, 0.15) is 21.8 Å². The molecule has 2 aliphatic rings. The molecule has 0 N–H and O–H groups in total. The van der Waals surface area contributed by atoms with E-state index in [2.05, 4.69) is 35.2 Å². The third-order valence-electron chi connectivity index (χ3n) is 6.51. The van der Waals surface area contributed by atoms with E-state index in [-0.39, 0.29) is 17.0 Å². The number of likely N-dealkylation sites (N-methyl/N-ethyl adjacent to an activating group) is 1. The highest BCUT2D eigenvalue weighted by Crippen LogP contribution is 2.36. The number of carbonyl (C=O) groups excluding carboxylic acids is 1. The van der Waals surface area contributed by atoms with Crippen molar-refractivity contribution in [2.24, 2.45) is 13.0 Å². The first kappa shape index (κ1) is 23.3. The fourth-order valence-electron chi connectivity index (χ4n) is 4.57. The summed E-state index contributed by atoms with van der Waals surface area (Å²) < 4.78 is 2.05. The van der Waals surface area contributed by atoms with Gasteiger partial charge in [0.25, 0.3) is 11.5 Å². The van der Waals surface area contributed by atoms with Crippen LogP contribution in [0.5, 0.6) is 0 Å². The van der Waals surface area contributed by atoms with Crippen LogP contribution in [0.25, 0.3) is 6.08 Å². The molecule has 2 fully saturated rings. The Kier molecular flexibility index (Phi) is 6.73. The number of thiocarbonyl (C=S) groups is 1. The maximum Gasteiger partial charge on any atom is 0.270 e. The van der Waals surface area contributed by atoms with E-state index in [0.717, 1.165) is 43.7 Å². The van der Waals surface area contributed by atoms with Crippen molar-refractivity contribution in [1.82, 2.24) is 9.47 Å². The standard InChI is InChI=1S/C25H26N4O2S2/c1-16-19(14-21-24(31)28(3)25(32)33-21)22(27(2)23(30)20(16)15-26)29-11-9-18(10-12-29)13-17-7-5-4-6-8-17/h4-8,14,18H,9-13H2,1-3H3. The van der Waals surface area contributed by atoms with Gasteiger partial charge >= 0.3 is 0 Å². The highest BCUT2D eigenvalue weighted by atomic mass is 32.2. The number of carbonyl (C=O) groups is 1. The van der Waals surface area contributed by atoms with Crippen molar-refractivity contribution in [2.45, 2.75) is 26.2 Å². The summed E-state index contributed by atoms with van der Waals surface area (Å²) in [5.74, 6) is 1.18. The summed E-state index contributed by atoms with van der Waals surface area (Å²) in [5.41, 5.74) is 2.49. The Morgan fingerprint density at radius 1 is 1.18 bits per heavy atom. The first-order valence-electron chi connectivity index (χ1n) is 11.0. The number of hydrogen-bond acceptors (Lipinski definition) is 6. The minimum absolute atomic E-state index is 0.110. The predicted molar refractivity (Wildman–Crippen MR) is 137 cm³/mol. The quantitative estimate of drug-likeness (QED) is 0.491. The van der Waals surface area contributed by atoms with E-state index < -0.39 is 0 Å². The first-order chi connectivity index (χ1) is 15.8. The molecule has 2 saturated heterocycles. The van der Waals surface area contributed by atoms with Crippen LogP contribution in [0.15, 0.2) is 40.0 Å². The molecule has 3 heterocycles. The summed E-state index contributed by atoms with van der Waals surface area (Å²) in [6.45, 7) is 3.40. The van der Waals surface area contributed by atoms with Crippen molar-refractivity contribution in [3.8, 4) is 6.07 Å². The van der Waals surface area contributed by atoms with Crippen LogP contribution in [0.3, 0.4) is 0 Å². The number of benzene rings is 1. The summed E-state index contributed by atoms with van der Waals surface area (Å²) in [6, 6.07) is 12.6. The third kappa shape index (κ3) is 4.48. The summed E-state index contributed by atoms with van der Waals surface area (Å²) in [5, 5.41) is 9.62. The van der Waals surface area contributed by atoms with Gasteiger partial charge in [0.15, 0.2) is 0 Å². The monoisotopic (exact) mass is 478 g/mol. The van der Waals surface area contributed by atoms with Crippen molar-refractivity contribution in [3.63, 3.8) is 0 Å². The molecule has 4 rings (SSSR count). The molecule has 2 aliphatic heterocycles. The zero-order valence-electron chi connectivity index (χ0n) is 19.0. The Morgan fingerprint density at radius 2 is 1.85 bits per heavy atom. The Hall–Kier alpha value is -2.89. The number of amides is 1. The minimum atomic E-state index is -0.309. The molecule has 2 aromatic rings. The first-order valence-corrected chi connectivity index (χ1v) is 12.2. The van der Waals surface area contributed by atoms with Crippen molar-refractivity contribution < 1.29 is 4.79 Å². The van der Waals surface area contributed by atoms with E-state index >= 15 is 0 Å². The van der Waals surface area contributed by atoms with Gasteiger partial charge in [-0.15, -0.1) is 0 Å². The Balaban J connectivity index is 1.68. The lowest BCUT2D eigenvalue weighted by Gasteiger charge is -2.36. The Bertz CT molecular complexity index is 1240. The molecule has 0 atom stereocenters. The molecule has 33 heavy (non-hydrogen) atoms. The lowest BCUT2D eigenvalue weighted by molar-refractivity contribution is -0.121. The maximum absolute atomic E-state index is 12.9. The molecule has 0 spiro atoms. The predicted octanol–water partition coefficient (Wildman–Crippen LogP) is 3.86. The number of anilines is 1. The molecule has 0 saturated carbocycles. The number of hydrogen-bond donors (Lipinski definition) is 0. The van der Waals surface area contributed by atoms with E-state index in [1.54, 1.807) is 31.7 Å². The number of rotatable bonds is 4. The summed E-state index contributed by atoms with van der Waals surface area (Å²) >= 11 is 6.52. The van der Waals surface area contributed by atoms with Crippen LogP contribution >= 0.6 is 24.0 Å². The van der Waals surface area contributed by atoms with Gasteiger partial charge in [-0.25, -0.2) is 0 Å². The van der Waals surface area contributed by atoms with Crippen molar-refractivity contribution in [3.05, 3.63) is 67.8 Å². The van der Waals surface area contributed by atoms with Crippen LogP contribution in [0.1, 0.15) is 35.1 Å². The second kappa shape index (κ2) is 9.54. The number of aromatic nitrogens is 1. The lowest BCUT2D eigenvalue weighted by Crippen LogP contribution is -2.39. The van der Waals surface area contributed by atoms with Gasteiger partial charge in [-0.2, -0.15) is 5.26 Å². The molecule has 6 nitrogen and oxygen atoms in total. The summed E-state index contributed by atoms with van der Waals surface area (Å²) in [4.78, 5) is 29.8.